The molecule has 6 heteroatoms. The van der Waals surface area contributed by atoms with Gasteiger partial charge in [0.15, 0.2) is 11.6 Å². The number of para-hydroxylation sites is 3. The SMILES string of the molecule is c1ccc(-c2nc(-c3ccccc3)nc(-n3c4cc5c(ccn5-c5ccccc5)cc4c4ccc5c6ccccc6n(-c6ccccc6)c5c43)n2)cc1. The monoisotopic (exact) mass is 678 g/mol. The van der Waals surface area contributed by atoms with Crippen LogP contribution in [0.15, 0.2) is 182 Å². The van der Waals surface area contributed by atoms with Gasteiger partial charge in [-0.25, -0.2) is 4.98 Å². The molecule has 0 atom stereocenters. The summed E-state index contributed by atoms with van der Waals surface area (Å²) >= 11 is 0. The van der Waals surface area contributed by atoms with Gasteiger partial charge in [0, 0.05) is 55.6 Å². The number of nitrogens with zero attached hydrogens (tertiary/aromatic N) is 6. The highest BCUT2D eigenvalue weighted by Gasteiger charge is 2.24. The Kier molecular flexibility index (Phi) is 6.45. The Hall–Kier alpha value is -7.31. The van der Waals surface area contributed by atoms with Crippen molar-refractivity contribution in [1.29, 1.82) is 0 Å². The van der Waals surface area contributed by atoms with Crippen LogP contribution in [0.1, 0.15) is 0 Å². The molecule has 0 saturated carbocycles. The van der Waals surface area contributed by atoms with Crippen molar-refractivity contribution in [3.8, 4) is 40.1 Å². The van der Waals surface area contributed by atoms with E-state index < -0.39 is 0 Å². The van der Waals surface area contributed by atoms with E-state index in [1.54, 1.807) is 0 Å². The molecule has 4 aromatic heterocycles. The Morgan fingerprint density at radius 3 is 1.57 bits per heavy atom. The summed E-state index contributed by atoms with van der Waals surface area (Å²) < 4.78 is 6.92. The van der Waals surface area contributed by atoms with Gasteiger partial charge in [0.2, 0.25) is 5.95 Å². The van der Waals surface area contributed by atoms with E-state index in [1.807, 2.05) is 36.4 Å². The molecule has 11 rings (SSSR count). The van der Waals surface area contributed by atoms with Gasteiger partial charge in [-0.05, 0) is 48.5 Å². The van der Waals surface area contributed by atoms with Crippen LogP contribution in [0.2, 0.25) is 0 Å². The molecule has 0 aliphatic carbocycles. The van der Waals surface area contributed by atoms with E-state index in [-0.39, 0.29) is 0 Å². The number of benzene rings is 7. The maximum Gasteiger partial charge on any atom is 0.238 e. The molecular formula is C47H30N6. The molecule has 4 heterocycles. The lowest BCUT2D eigenvalue weighted by Gasteiger charge is -2.13. The Bertz CT molecular complexity index is 3080. The Morgan fingerprint density at radius 2 is 0.906 bits per heavy atom. The largest absolute Gasteiger partial charge is 0.316 e. The highest BCUT2D eigenvalue weighted by Crippen LogP contribution is 2.43. The van der Waals surface area contributed by atoms with Crippen LogP contribution < -0.4 is 0 Å². The van der Waals surface area contributed by atoms with Crippen LogP contribution in [-0.2, 0) is 0 Å². The van der Waals surface area contributed by atoms with Crippen molar-refractivity contribution in [2.75, 3.05) is 0 Å². The summed E-state index contributed by atoms with van der Waals surface area (Å²) in [5.74, 6) is 1.80. The van der Waals surface area contributed by atoms with Crippen molar-refractivity contribution in [2.45, 2.75) is 0 Å². The maximum absolute atomic E-state index is 5.31. The normalized spacial score (nSPS) is 11.8. The second-order valence-corrected chi connectivity index (χ2v) is 13.3. The zero-order valence-electron chi connectivity index (χ0n) is 28.5. The van der Waals surface area contributed by atoms with Gasteiger partial charge < -0.3 is 9.13 Å². The Morgan fingerprint density at radius 1 is 0.358 bits per heavy atom. The molecule has 0 radical (unpaired) electrons. The van der Waals surface area contributed by atoms with E-state index in [2.05, 4.69) is 159 Å². The molecule has 11 aromatic rings. The van der Waals surface area contributed by atoms with Gasteiger partial charge in [-0.2, -0.15) is 9.97 Å². The first kappa shape index (κ1) is 29.4. The minimum atomic E-state index is 0.562. The van der Waals surface area contributed by atoms with Crippen LogP contribution in [0.3, 0.4) is 0 Å². The average molecular weight is 679 g/mol. The molecule has 248 valence electrons. The lowest BCUT2D eigenvalue weighted by Crippen LogP contribution is -2.07. The first-order valence-electron chi connectivity index (χ1n) is 17.8. The lowest BCUT2D eigenvalue weighted by atomic mass is 10.1. The Balaban J connectivity index is 1.34. The lowest BCUT2D eigenvalue weighted by molar-refractivity contribution is 0.953. The summed E-state index contributed by atoms with van der Waals surface area (Å²) in [6.07, 6.45) is 2.15. The van der Waals surface area contributed by atoms with Crippen molar-refractivity contribution in [2.24, 2.45) is 0 Å². The number of hydrogen-bond donors (Lipinski definition) is 0. The molecular weight excluding hydrogens is 649 g/mol. The molecule has 0 unspecified atom stereocenters. The predicted octanol–water partition coefficient (Wildman–Crippen LogP) is 11.3. The zero-order chi connectivity index (χ0) is 34.9. The highest BCUT2D eigenvalue weighted by molar-refractivity contribution is 6.24. The number of aromatic nitrogens is 6. The second-order valence-electron chi connectivity index (χ2n) is 13.3. The van der Waals surface area contributed by atoms with Crippen LogP contribution >= 0.6 is 0 Å². The summed E-state index contributed by atoms with van der Waals surface area (Å²) in [4.78, 5) is 15.7. The fourth-order valence-corrected chi connectivity index (χ4v) is 7.94. The predicted molar refractivity (Wildman–Crippen MR) is 216 cm³/mol. The third-order valence-corrected chi connectivity index (χ3v) is 10.3. The summed E-state index contributed by atoms with van der Waals surface area (Å²) in [5.41, 5.74) is 9.46. The summed E-state index contributed by atoms with van der Waals surface area (Å²) in [6, 6.07) is 61.5. The minimum absolute atomic E-state index is 0.562. The molecule has 7 aromatic carbocycles. The van der Waals surface area contributed by atoms with Gasteiger partial charge >= 0.3 is 0 Å². The van der Waals surface area contributed by atoms with Crippen molar-refractivity contribution >= 4 is 54.5 Å². The van der Waals surface area contributed by atoms with Crippen molar-refractivity contribution in [1.82, 2.24) is 28.7 Å². The number of rotatable bonds is 5. The van der Waals surface area contributed by atoms with Gasteiger partial charge in [0.25, 0.3) is 0 Å². The third-order valence-electron chi connectivity index (χ3n) is 10.3. The van der Waals surface area contributed by atoms with E-state index in [4.69, 9.17) is 15.0 Å². The van der Waals surface area contributed by atoms with Gasteiger partial charge in [-0.1, -0.05) is 127 Å². The summed E-state index contributed by atoms with van der Waals surface area (Å²) in [6.45, 7) is 0. The molecule has 0 amide bonds. The molecule has 0 saturated heterocycles. The number of hydrogen-bond acceptors (Lipinski definition) is 3. The summed E-state index contributed by atoms with van der Waals surface area (Å²) in [5, 5.41) is 5.78. The number of fused-ring (bicyclic) bond motifs is 8. The van der Waals surface area contributed by atoms with Crippen LogP contribution in [0.4, 0.5) is 0 Å². The van der Waals surface area contributed by atoms with Crippen LogP contribution in [-0.4, -0.2) is 28.7 Å². The first-order valence-corrected chi connectivity index (χ1v) is 17.8. The Labute approximate surface area is 304 Å². The molecule has 0 spiro atoms. The van der Waals surface area contributed by atoms with Gasteiger partial charge in [-0.3, -0.25) is 4.57 Å². The smallest absolute Gasteiger partial charge is 0.238 e. The quantitative estimate of drug-likeness (QED) is 0.182. The fourth-order valence-electron chi connectivity index (χ4n) is 7.94. The zero-order valence-corrected chi connectivity index (χ0v) is 28.5. The van der Waals surface area contributed by atoms with Crippen LogP contribution in [0, 0.1) is 0 Å². The topological polar surface area (TPSA) is 53.5 Å². The molecule has 53 heavy (non-hydrogen) atoms. The van der Waals surface area contributed by atoms with Crippen LogP contribution in [0.5, 0.6) is 0 Å². The molecule has 0 N–H and O–H groups in total. The van der Waals surface area contributed by atoms with Crippen molar-refractivity contribution in [3.05, 3.63) is 182 Å². The van der Waals surface area contributed by atoms with Crippen LogP contribution in [0.25, 0.3) is 94.6 Å². The maximum atomic E-state index is 5.31. The van der Waals surface area contributed by atoms with Gasteiger partial charge in [0.1, 0.15) is 0 Å². The molecule has 0 aliphatic rings. The van der Waals surface area contributed by atoms with Gasteiger partial charge in [0.05, 0.1) is 27.6 Å². The van der Waals surface area contributed by atoms with E-state index in [0.29, 0.717) is 17.6 Å². The average Bonchev–Trinajstić information content (AvgIpc) is 3.91. The van der Waals surface area contributed by atoms with E-state index in [1.165, 1.54) is 10.8 Å². The molecule has 6 nitrogen and oxygen atoms in total. The first-order chi connectivity index (χ1) is 26.3. The van der Waals surface area contributed by atoms with E-state index in [9.17, 15) is 0 Å². The van der Waals surface area contributed by atoms with Crippen molar-refractivity contribution < 1.29 is 0 Å². The van der Waals surface area contributed by atoms with Crippen molar-refractivity contribution in [3.63, 3.8) is 0 Å². The third kappa shape index (κ3) is 4.56. The fraction of sp³-hybridized carbons (Fsp3) is 0. The second kappa shape index (κ2) is 11.6. The van der Waals surface area contributed by atoms with E-state index in [0.717, 1.165) is 66.2 Å². The van der Waals surface area contributed by atoms with Gasteiger partial charge in [-0.15, -0.1) is 0 Å². The minimum Gasteiger partial charge on any atom is -0.316 e. The van der Waals surface area contributed by atoms with E-state index >= 15 is 0 Å². The molecule has 0 aliphatic heterocycles. The molecule has 0 bridgehead atoms. The molecule has 0 fully saturated rings. The highest BCUT2D eigenvalue weighted by atomic mass is 15.2. The summed E-state index contributed by atoms with van der Waals surface area (Å²) in [7, 11) is 0. The standard InChI is InChI=1S/C47H30N6/c1-5-15-31(16-6-1)45-48-46(32-17-7-2-8-18-32)50-47(49-45)53-42-30-41-33(27-28-51(41)34-19-9-3-10-20-34)29-39(42)38-26-25-37-36-23-13-14-24-40(36)52(43(37)44(38)53)35-21-11-4-12-22-35/h1-30H.